The largest absolute Gasteiger partial charge is 0.419 e. The number of nitriles is 1. The lowest BCUT2D eigenvalue weighted by molar-refractivity contribution is -0.222. The van der Waals surface area contributed by atoms with E-state index in [1.807, 2.05) is 6.07 Å². The number of anilines is 1. The van der Waals surface area contributed by atoms with E-state index < -0.39 is 17.7 Å². The quantitative estimate of drug-likeness (QED) is 0.478. The number of carbonyl (C=O) groups excluding carboxylic acids is 2. The summed E-state index contributed by atoms with van der Waals surface area (Å²) >= 11 is 9.26. The molecule has 0 amide bonds. The number of nitrogens with zero attached hydrogens (tertiary/aromatic N) is 1. The van der Waals surface area contributed by atoms with Gasteiger partial charge in [0.15, 0.2) is 5.57 Å². The normalized spacial score (nSPS) is 16.4. The van der Waals surface area contributed by atoms with E-state index in [4.69, 9.17) is 26.3 Å². The lowest BCUT2D eigenvalue weighted by atomic mass is 10.2. The Morgan fingerprint density at radius 1 is 1.32 bits per heavy atom. The zero-order valence-electron chi connectivity index (χ0n) is 11.6. The number of carbonyl (C=O) groups is 2. The third-order valence-corrected chi connectivity index (χ3v) is 3.41. The highest BCUT2D eigenvalue weighted by Crippen LogP contribution is 2.30. The van der Waals surface area contributed by atoms with E-state index in [-0.39, 0.29) is 21.8 Å². The first-order valence-electron chi connectivity index (χ1n) is 6.06. The number of hydrogen-bond donors (Lipinski definition) is 1. The van der Waals surface area contributed by atoms with E-state index in [2.05, 4.69) is 21.2 Å². The van der Waals surface area contributed by atoms with E-state index in [1.54, 1.807) is 12.1 Å². The molecule has 1 aromatic carbocycles. The molecule has 1 aliphatic heterocycles. The van der Waals surface area contributed by atoms with Crippen molar-refractivity contribution in [1.82, 2.24) is 0 Å². The predicted octanol–water partition coefficient (Wildman–Crippen LogP) is 3.11. The van der Waals surface area contributed by atoms with Crippen molar-refractivity contribution in [3.63, 3.8) is 0 Å². The van der Waals surface area contributed by atoms with E-state index in [0.717, 1.165) is 6.20 Å². The maximum Gasteiger partial charge on any atom is 0.350 e. The number of cyclic esters (lactones) is 2. The van der Waals surface area contributed by atoms with Crippen LogP contribution in [0.15, 0.2) is 28.4 Å². The van der Waals surface area contributed by atoms with Crippen LogP contribution in [0.3, 0.4) is 0 Å². The predicted molar refractivity (Wildman–Crippen MR) is 81.8 cm³/mol. The Labute approximate surface area is 139 Å². The molecule has 0 bridgehead atoms. The molecule has 2 rings (SSSR count). The number of esters is 2. The van der Waals surface area contributed by atoms with Gasteiger partial charge in [-0.25, -0.2) is 9.59 Å². The van der Waals surface area contributed by atoms with Crippen LogP contribution in [0.5, 0.6) is 0 Å². The summed E-state index contributed by atoms with van der Waals surface area (Å²) in [5.41, 5.74) is 0.196. The van der Waals surface area contributed by atoms with E-state index >= 15 is 0 Å². The van der Waals surface area contributed by atoms with Crippen molar-refractivity contribution in [2.24, 2.45) is 0 Å². The minimum absolute atomic E-state index is 0.245. The van der Waals surface area contributed by atoms with Gasteiger partial charge in [-0.3, -0.25) is 0 Å². The van der Waals surface area contributed by atoms with Gasteiger partial charge in [0.1, 0.15) is 6.07 Å². The zero-order chi connectivity index (χ0) is 16.5. The van der Waals surface area contributed by atoms with Crippen LogP contribution in [0.2, 0.25) is 5.02 Å². The van der Waals surface area contributed by atoms with Crippen LogP contribution in [0.4, 0.5) is 5.69 Å². The summed E-state index contributed by atoms with van der Waals surface area (Å²) in [7, 11) is 0. The zero-order valence-corrected chi connectivity index (χ0v) is 13.9. The van der Waals surface area contributed by atoms with Crippen molar-refractivity contribution in [2.45, 2.75) is 19.6 Å². The van der Waals surface area contributed by atoms with Crippen molar-refractivity contribution >= 4 is 45.2 Å². The number of rotatable bonds is 2. The van der Waals surface area contributed by atoms with Crippen molar-refractivity contribution in [3.8, 4) is 6.07 Å². The fraction of sp³-hybridized carbons (Fsp3) is 0.214. The molecule has 6 nitrogen and oxygen atoms in total. The molecule has 1 aliphatic rings. The molecular formula is C14H10BrClN2O4. The molecule has 1 N–H and O–H groups in total. The van der Waals surface area contributed by atoms with Crippen LogP contribution < -0.4 is 5.32 Å². The van der Waals surface area contributed by atoms with Crippen molar-refractivity contribution in [3.05, 3.63) is 39.0 Å². The SMILES string of the molecule is CC1(C)OC(=O)C(=CNc2c(Cl)cc(Br)cc2C#N)C(=O)O1. The van der Waals surface area contributed by atoms with E-state index in [1.165, 1.54) is 13.8 Å². The Balaban J connectivity index is 2.32. The highest BCUT2D eigenvalue weighted by Gasteiger charge is 2.39. The average molecular weight is 386 g/mol. The smallest absolute Gasteiger partial charge is 0.350 e. The van der Waals surface area contributed by atoms with Gasteiger partial charge in [-0.15, -0.1) is 0 Å². The summed E-state index contributed by atoms with van der Waals surface area (Å²) in [5, 5.41) is 12.0. The van der Waals surface area contributed by atoms with Crippen LogP contribution in [0.25, 0.3) is 0 Å². The first kappa shape index (κ1) is 16.3. The van der Waals surface area contributed by atoms with Gasteiger partial charge in [-0.1, -0.05) is 27.5 Å². The van der Waals surface area contributed by atoms with Crippen LogP contribution >= 0.6 is 27.5 Å². The maximum absolute atomic E-state index is 11.8. The molecular weight excluding hydrogens is 376 g/mol. The second kappa shape index (κ2) is 5.99. The van der Waals surface area contributed by atoms with Gasteiger partial charge >= 0.3 is 11.9 Å². The van der Waals surface area contributed by atoms with Gasteiger partial charge in [0, 0.05) is 24.5 Å². The second-order valence-electron chi connectivity index (χ2n) is 4.80. The lowest BCUT2D eigenvalue weighted by Crippen LogP contribution is -2.42. The molecule has 22 heavy (non-hydrogen) atoms. The van der Waals surface area contributed by atoms with Crippen LogP contribution in [-0.4, -0.2) is 17.7 Å². The summed E-state index contributed by atoms with van der Waals surface area (Å²) in [5.74, 6) is -2.94. The van der Waals surface area contributed by atoms with Gasteiger partial charge in [-0.05, 0) is 12.1 Å². The number of ether oxygens (including phenoxy) is 2. The minimum atomic E-state index is -1.31. The molecule has 1 fully saturated rings. The molecule has 0 radical (unpaired) electrons. The molecule has 0 aliphatic carbocycles. The van der Waals surface area contributed by atoms with Crippen molar-refractivity contribution in [1.29, 1.82) is 5.26 Å². The standard InChI is InChI=1S/C14H10BrClN2O4/c1-14(2)21-12(19)9(13(20)22-14)6-18-11-7(5-17)3-8(15)4-10(11)16/h3-4,6,18H,1-2H3. The third kappa shape index (κ3) is 3.40. The van der Waals surface area contributed by atoms with Crippen LogP contribution in [0, 0.1) is 11.3 Å². The summed E-state index contributed by atoms with van der Waals surface area (Å²) in [4.78, 5) is 23.6. The molecule has 114 valence electrons. The Kier molecular flexibility index (Phi) is 4.44. The molecule has 0 spiro atoms. The molecule has 0 aromatic heterocycles. The molecule has 0 unspecified atom stereocenters. The summed E-state index contributed by atoms with van der Waals surface area (Å²) in [6.45, 7) is 2.90. The van der Waals surface area contributed by atoms with Gasteiger partial charge < -0.3 is 14.8 Å². The Bertz CT molecular complexity index is 715. The number of halogens is 2. The van der Waals surface area contributed by atoms with Gasteiger partial charge in [0.2, 0.25) is 0 Å². The molecule has 1 aromatic rings. The molecule has 0 saturated carbocycles. The Morgan fingerprint density at radius 2 is 1.91 bits per heavy atom. The fourth-order valence-corrected chi connectivity index (χ4v) is 2.59. The molecule has 1 saturated heterocycles. The van der Waals surface area contributed by atoms with E-state index in [0.29, 0.717) is 4.47 Å². The topological polar surface area (TPSA) is 88.4 Å². The van der Waals surface area contributed by atoms with Crippen molar-refractivity contribution in [2.75, 3.05) is 5.32 Å². The van der Waals surface area contributed by atoms with Gasteiger partial charge in [-0.2, -0.15) is 5.26 Å². The van der Waals surface area contributed by atoms with Crippen molar-refractivity contribution < 1.29 is 19.1 Å². The summed E-state index contributed by atoms with van der Waals surface area (Å²) < 4.78 is 10.5. The first-order valence-corrected chi connectivity index (χ1v) is 7.23. The van der Waals surface area contributed by atoms with Gasteiger partial charge in [0.05, 0.1) is 16.3 Å². The average Bonchev–Trinajstić information content (AvgIpc) is 2.37. The number of hydrogen-bond acceptors (Lipinski definition) is 6. The summed E-state index contributed by atoms with van der Waals surface area (Å²) in [6, 6.07) is 5.08. The first-order chi connectivity index (χ1) is 10.2. The molecule has 0 atom stereocenters. The number of benzene rings is 1. The van der Waals surface area contributed by atoms with E-state index in [9.17, 15) is 9.59 Å². The van der Waals surface area contributed by atoms with Crippen LogP contribution in [0.1, 0.15) is 19.4 Å². The highest BCUT2D eigenvalue weighted by molar-refractivity contribution is 9.10. The minimum Gasteiger partial charge on any atom is -0.419 e. The Morgan fingerprint density at radius 3 is 2.45 bits per heavy atom. The number of nitrogens with one attached hydrogen (secondary N) is 1. The lowest BCUT2D eigenvalue weighted by Gasteiger charge is -2.29. The maximum atomic E-state index is 11.8. The molecule has 8 heteroatoms. The van der Waals surface area contributed by atoms with Gasteiger partial charge in [0.25, 0.3) is 5.79 Å². The van der Waals surface area contributed by atoms with Crippen LogP contribution in [-0.2, 0) is 19.1 Å². The third-order valence-electron chi connectivity index (χ3n) is 2.65. The fourth-order valence-electron chi connectivity index (χ4n) is 1.73. The summed E-state index contributed by atoms with van der Waals surface area (Å²) in [6.07, 6.45) is 1.11. The highest BCUT2D eigenvalue weighted by atomic mass is 79.9. The molecule has 1 heterocycles. The Hall–Kier alpha value is -2.04. The monoisotopic (exact) mass is 384 g/mol. The second-order valence-corrected chi connectivity index (χ2v) is 6.13.